The monoisotopic (exact) mass is 353 g/mol. The van der Waals surface area contributed by atoms with E-state index in [2.05, 4.69) is 45.3 Å². The second-order valence-electron chi connectivity index (χ2n) is 4.57. The molecule has 1 heterocycles. The van der Waals surface area contributed by atoms with E-state index in [1.54, 1.807) is 6.20 Å². The van der Waals surface area contributed by atoms with Crippen LogP contribution in [0.5, 0.6) is 0 Å². The van der Waals surface area contributed by atoms with Crippen molar-refractivity contribution in [2.24, 2.45) is 0 Å². The summed E-state index contributed by atoms with van der Waals surface area (Å²) < 4.78 is 1.07. The minimum atomic E-state index is 0.0977. The lowest BCUT2D eigenvalue weighted by Crippen LogP contribution is -2.24. The number of nitrogen functional groups attached to an aromatic ring is 1. The van der Waals surface area contributed by atoms with Gasteiger partial charge in [-0.05, 0) is 36.7 Å². The van der Waals surface area contributed by atoms with E-state index in [1.165, 1.54) is 5.56 Å². The lowest BCUT2D eigenvalue weighted by molar-refractivity contribution is 0.550. The predicted molar refractivity (Wildman–Crippen MR) is 87.9 cm³/mol. The minimum absolute atomic E-state index is 0.0977. The molecule has 0 aliphatic rings. The van der Waals surface area contributed by atoms with Gasteiger partial charge in [-0.2, -0.15) is 0 Å². The van der Waals surface area contributed by atoms with Crippen molar-refractivity contribution < 1.29 is 0 Å². The van der Waals surface area contributed by atoms with Crippen LogP contribution in [0, 0.1) is 0 Å². The zero-order valence-electron chi connectivity index (χ0n) is 11.2. The second-order valence-corrected chi connectivity index (χ2v) is 5.92. The molecule has 1 unspecified atom stereocenters. The number of aromatic nitrogens is 1. The highest BCUT2D eigenvalue weighted by Crippen LogP contribution is 2.26. The summed E-state index contributed by atoms with van der Waals surface area (Å²) in [6, 6.07) is 10.2. The molecule has 0 bridgehead atoms. The predicted octanol–water partition coefficient (Wildman–Crippen LogP) is 3.97. The number of anilines is 1. The molecule has 0 amide bonds. The molecule has 0 radical (unpaired) electrons. The van der Waals surface area contributed by atoms with Crippen molar-refractivity contribution >= 4 is 33.3 Å². The van der Waals surface area contributed by atoms with Crippen molar-refractivity contribution in [3.8, 4) is 0 Å². The van der Waals surface area contributed by atoms with Crippen molar-refractivity contribution in [1.82, 2.24) is 10.3 Å². The van der Waals surface area contributed by atoms with E-state index in [1.807, 2.05) is 18.2 Å². The summed E-state index contributed by atoms with van der Waals surface area (Å²) in [4.78, 5) is 4.14. The van der Waals surface area contributed by atoms with Crippen LogP contribution in [0.2, 0.25) is 5.02 Å². The lowest BCUT2D eigenvalue weighted by Gasteiger charge is -2.20. The molecule has 0 fully saturated rings. The molecular weight excluding hydrogens is 338 g/mol. The Bertz CT molecular complexity index is 589. The molecule has 5 heteroatoms. The van der Waals surface area contributed by atoms with Crippen molar-refractivity contribution in [2.45, 2.75) is 19.4 Å². The molecule has 2 aromatic rings. The van der Waals surface area contributed by atoms with Gasteiger partial charge in [0.05, 0.1) is 5.02 Å². The van der Waals surface area contributed by atoms with Gasteiger partial charge in [0, 0.05) is 22.3 Å². The van der Waals surface area contributed by atoms with E-state index in [-0.39, 0.29) is 6.04 Å². The van der Waals surface area contributed by atoms with Crippen LogP contribution in [0.4, 0.5) is 5.82 Å². The Kier molecular flexibility index (Phi) is 5.40. The first-order valence-electron chi connectivity index (χ1n) is 6.49. The van der Waals surface area contributed by atoms with Gasteiger partial charge >= 0.3 is 0 Å². The Labute approximate surface area is 132 Å². The number of likely N-dealkylation sites (N-methyl/N-ethyl adjacent to an activating group) is 1. The van der Waals surface area contributed by atoms with Gasteiger partial charge in [0.2, 0.25) is 0 Å². The molecule has 0 aliphatic heterocycles. The van der Waals surface area contributed by atoms with Gasteiger partial charge in [-0.15, -0.1) is 0 Å². The molecule has 0 saturated carbocycles. The highest BCUT2D eigenvalue weighted by molar-refractivity contribution is 9.10. The van der Waals surface area contributed by atoms with E-state index in [0.29, 0.717) is 10.8 Å². The zero-order valence-corrected chi connectivity index (χ0v) is 13.6. The molecule has 1 atom stereocenters. The van der Waals surface area contributed by atoms with Crippen LogP contribution in [0.3, 0.4) is 0 Å². The molecule has 3 N–H and O–H groups in total. The fourth-order valence-electron chi connectivity index (χ4n) is 2.18. The summed E-state index contributed by atoms with van der Waals surface area (Å²) in [7, 11) is 0. The number of benzene rings is 1. The normalized spacial score (nSPS) is 12.3. The SMILES string of the molecule is CCNC(Cc1cccc(Br)c1)c1cc(Cl)cnc1N. The summed E-state index contributed by atoms with van der Waals surface area (Å²) in [6.07, 6.45) is 2.40. The van der Waals surface area contributed by atoms with Gasteiger partial charge in [-0.3, -0.25) is 0 Å². The van der Waals surface area contributed by atoms with Gasteiger partial charge < -0.3 is 11.1 Å². The van der Waals surface area contributed by atoms with Crippen molar-refractivity contribution in [2.75, 3.05) is 12.3 Å². The van der Waals surface area contributed by atoms with Crippen molar-refractivity contribution in [3.63, 3.8) is 0 Å². The van der Waals surface area contributed by atoms with Gasteiger partial charge in [0.15, 0.2) is 0 Å². The van der Waals surface area contributed by atoms with Gasteiger partial charge in [0.25, 0.3) is 0 Å². The Morgan fingerprint density at radius 1 is 1.40 bits per heavy atom. The van der Waals surface area contributed by atoms with E-state index in [0.717, 1.165) is 23.0 Å². The first-order chi connectivity index (χ1) is 9.60. The molecule has 0 spiro atoms. The first-order valence-corrected chi connectivity index (χ1v) is 7.66. The third kappa shape index (κ3) is 3.95. The van der Waals surface area contributed by atoms with Gasteiger partial charge in [-0.1, -0.05) is 46.6 Å². The number of hydrogen-bond acceptors (Lipinski definition) is 3. The number of pyridine rings is 1. The minimum Gasteiger partial charge on any atom is -0.383 e. The standard InChI is InChI=1S/C15H17BrClN3/c1-2-19-14(7-10-4-3-5-11(16)6-10)13-8-12(17)9-20-15(13)18/h3-6,8-9,14,19H,2,7H2,1H3,(H2,18,20). The molecule has 0 aliphatic carbocycles. The molecule has 1 aromatic heterocycles. The summed E-state index contributed by atoms with van der Waals surface area (Å²) in [6.45, 7) is 2.92. The van der Waals surface area contributed by atoms with Crippen LogP contribution in [0.1, 0.15) is 24.1 Å². The quantitative estimate of drug-likeness (QED) is 0.854. The number of rotatable bonds is 5. The van der Waals surface area contributed by atoms with Crippen LogP contribution < -0.4 is 11.1 Å². The number of halogens is 2. The fraction of sp³-hybridized carbons (Fsp3) is 0.267. The third-order valence-electron chi connectivity index (χ3n) is 3.07. The Hall–Kier alpha value is -1.10. The van der Waals surface area contributed by atoms with Crippen LogP contribution in [0.15, 0.2) is 41.0 Å². The van der Waals surface area contributed by atoms with E-state index >= 15 is 0 Å². The topological polar surface area (TPSA) is 50.9 Å². The number of hydrogen-bond donors (Lipinski definition) is 2. The maximum atomic E-state index is 6.04. The molecular formula is C15H17BrClN3. The van der Waals surface area contributed by atoms with Gasteiger partial charge in [-0.25, -0.2) is 4.98 Å². The van der Waals surface area contributed by atoms with Gasteiger partial charge in [0.1, 0.15) is 5.82 Å². The highest BCUT2D eigenvalue weighted by Gasteiger charge is 2.15. The van der Waals surface area contributed by atoms with Crippen LogP contribution >= 0.6 is 27.5 Å². The van der Waals surface area contributed by atoms with Crippen molar-refractivity contribution in [1.29, 1.82) is 0 Å². The summed E-state index contributed by atoms with van der Waals surface area (Å²) in [5.41, 5.74) is 8.16. The number of nitrogens with one attached hydrogen (secondary N) is 1. The van der Waals surface area contributed by atoms with Crippen LogP contribution in [-0.4, -0.2) is 11.5 Å². The first kappa shape index (κ1) is 15.3. The summed E-state index contributed by atoms with van der Waals surface area (Å²) in [5.74, 6) is 0.523. The molecule has 2 rings (SSSR count). The van der Waals surface area contributed by atoms with E-state index in [4.69, 9.17) is 17.3 Å². The molecule has 1 aromatic carbocycles. The highest BCUT2D eigenvalue weighted by atomic mass is 79.9. The van der Waals surface area contributed by atoms with Crippen LogP contribution in [0.25, 0.3) is 0 Å². The fourth-order valence-corrected chi connectivity index (χ4v) is 2.80. The molecule has 3 nitrogen and oxygen atoms in total. The smallest absolute Gasteiger partial charge is 0.128 e. The number of nitrogens with two attached hydrogens (primary N) is 1. The third-order valence-corrected chi connectivity index (χ3v) is 3.77. The molecule has 106 valence electrons. The van der Waals surface area contributed by atoms with E-state index < -0.39 is 0 Å². The summed E-state index contributed by atoms with van der Waals surface area (Å²) in [5, 5.41) is 4.04. The molecule has 0 saturated heterocycles. The maximum Gasteiger partial charge on any atom is 0.128 e. The lowest BCUT2D eigenvalue weighted by atomic mass is 9.99. The Morgan fingerprint density at radius 2 is 2.20 bits per heavy atom. The second kappa shape index (κ2) is 7.07. The van der Waals surface area contributed by atoms with Crippen molar-refractivity contribution in [3.05, 3.63) is 57.2 Å². The van der Waals surface area contributed by atoms with Crippen LogP contribution in [-0.2, 0) is 6.42 Å². The maximum absolute atomic E-state index is 6.04. The zero-order chi connectivity index (χ0) is 14.5. The Balaban J connectivity index is 2.29. The largest absolute Gasteiger partial charge is 0.383 e. The Morgan fingerprint density at radius 3 is 2.90 bits per heavy atom. The summed E-state index contributed by atoms with van der Waals surface area (Å²) >= 11 is 9.53. The van der Waals surface area contributed by atoms with E-state index in [9.17, 15) is 0 Å². The average molecular weight is 355 g/mol. The molecule has 20 heavy (non-hydrogen) atoms. The number of nitrogens with zero attached hydrogens (tertiary/aromatic N) is 1. The average Bonchev–Trinajstić information content (AvgIpc) is 2.41.